The fraction of sp³-hybridized carbons (Fsp3) is 0.429. The number of ether oxygens (including phenoxy) is 3. The Hall–Kier alpha value is -1.79. The van der Waals surface area contributed by atoms with Crippen molar-refractivity contribution in [2.45, 2.75) is 0 Å². The van der Waals surface area contributed by atoms with Crippen molar-refractivity contribution in [3.8, 4) is 11.5 Å². The number of carbonyl (C=O) groups is 1. The average Bonchev–Trinajstić information content (AvgIpc) is 2.53. The van der Waals surface area contributed by atoms with Crippen LogP contribution in [0.1, 0.15) is 5.69 Å². The molecule has 0 atom stereocenters. The molecule has 2 rings (SSSR count). The van der Waals surface area contributed by atoms with Gasteiger partial charge in [-0.15, -0.1) is 12.4 Å². The van der Waals surface area contributed by atoms with Gasteiger partial charge in [-0.25, -0.2) is 0 Å². The van der Waals surface area contributed by atoms with E-state index < -0.39 is 0 Å². The van der Waals surface area contributed by atoms with Gasteiger partial charge in [-0.05, 0) is 6.08 Å². The Morgan fingerprint density at radius 2 is 1.95 bits per heavy atom. The summed E-state index contributed by atoms with van der Waals surface area (Å²) >= 11 is 0. The van der Waals surface area contributed by atoms with Crippen molar-refractivity contribution < 1.29 is 19.0 Å². The van der Waals surface area contributed by atoms with Crippen LogP contribution in [-0.2, 0) is 9.53 Å². The molecular formula is C14H19ClN2O4. The Balaban J connectivity index is 0.00000220. The van der Waals surface area contributed by atoms with E-state index in [1.54, 1.807) is 37.5 Å². The average molecular weight is 315 g/mol. The second kappa shape index (κ2) is 8.49. The van der Waals surface area contributed by atoms with Gasteiger partial charge < -0.3 is 19.1 Å². The number of methoxy groups -OCH3 is 2. The number of hydrogen-bond acceptors (Lipinski definition) is 5. The van der Waals surface area contributed by atoms with E-state index in [4.69, 9.17) is 14.2 Å². The molecule has 0 bridgehead atoms. The molecule has 6 nitrogen and oxygen atoms in total. The first-order valence-electron chi connectivity index (χ1n) is 6.37. The minimum absolute atomic E-state index is 0. The minimum atomic E-state index is -0.0371. The topological polar surface area (TPSA) is 60.9 Å². The number of aromatic nitrogens is 1. The van der Waals surface area contributed by atoms with Crippen LogP contribution in [0.5, 0.6) is 11.5 Å². The molecule has 2 heterocycles. The third-order valence-electron chi connectivity index (χ3n) is 3.01. The number of hydrogen-bond donors (Lipinski definition) is 0. The van der Waals surface area contributed by atoms with E-state index in [0.717, 1.165) is 0 Å². The van der Waals surface area contributed by atoms with E-state index in [2.05, 4.69) is 4.98 Å². The van der Waals surface area contributed by atoms with Gasteiger partial charge in [0.15, 0.2) is 11.5 Å². The lowest BCUT2D eigenvalue weighted by molar-refractivity contribution is -0.129. The summed E-state index contributed by atoms with van der Waals surface area (Å²) in [6, 6.07) is 1.72. The molecule has 21 heavy (non-hydrogen) atoms. The van der Waals surface area contributed by atoms with E-state index in [9.17, 15) is 4.79 Å². The summed E-state index contributed by atoms with van der Waals surface area (Å²) in [4.78, 5) is 17.9. The van der Waals surface area contributed by atoms with Crippen LogP contribution in [0, 0.1) is 0 Å². The lowest BCUT2D eigenvalue weighted by atomic mass is 10.3. The molecule has 1 saturated heterocycles. The summed E-state index contributed by atoms with van der Waals surface area (Å²) in [7, 11) is 3.11. The molecular weight excluding hydrogens is 296 g/mol. The van der Waals surface area contributed by atoms with Gasteiger partial charge in [0.1, 0.15) is 0 Å². The number of nitrogens with zero attached hydrogens (tertiary/aromatic N) is 2. The molecule has 1 aromatic rings. The Kier molecular flexibility index (Phi) is 6.98. The van der Waals surface area contributed by atoms with Crippen molar-refractivity contribution in [3.63, 3.8) is 0 Å². The predicted octanol–water partition coefficient (Wildman–Crippen LogP) is 1.39. The number of halogens is 1. The molecule has 0 N–H and O–H groups in total. The molecule has 1 aliphatic heterocycles. The maximum atomic E-state index is 11.9. The largest absolute Gasteiger partial charge is 0.493 e. The maximum absolute atomic E-state index is 11.9. The second-order valence-corrected chi connectivity index (χ2v) is 4.24. The predicted molar refractivity (Wildman–Crippen MR) is 81.0 cm³/mol. The molecule has 1 aromatic heterocycles. The van der Waals surface area contributed by atoms with Crippen LogP contribution in [0.2, 0.25) is 0 Å². The number of amides is 1. The van der Waals surface area contributed by atoms with E-state index in [1.165, 1.54) is 6.08 Å². The van der Waals surface area contributed by atoms with Crippen molar-refractivity contribution in [2.75, 3.05) is 40.5 Å². The summed E-state index contributed by atoms with van der Waals surface area (Å²) in [5.41, 5.74) is 0.643. The number of morpholine rings is 1. The first-order valence-corrected chi connectivity index (χ1v) is 6.37. The van der Waals surface area contributed by atoms with Crippen LogP contribution in [0.4, 0.5) is 0 Å². The highest BCUT2D eigenvalue weighted by molar-refractivity contribution is 5.91. The van der Waals surface area contributed by atoms with Gasteiger partial charge in [-0.1, -0.05) is 0 Å². The Labute approximate surface area is 130 Å². The fourth-order valence-corrected chi connectivity index (χ4v) is 1.89. The summed E-state index contributed by atoms with van der Waals surface area (Å²) in [5.74, 6) is 1.11. The van der Waals surface area contributed by atoms with E-state index in [-0.39, 0.29) is 18.3 Å². The smallest absolute Gasteiger partial charge is 0.246 e. The Bertz CT molecular complexity index is 502. The number of pyridine rings is 1. The quantitative estimate of drug-likeness (QED) is 0.786. The van der Waals surface area contributed by atoms with E-state index >= 15 is 0 Å². The van der Waals surface area contributed by atoms with Crippen molar-refractivity contribution in [1.29, 1.82) is 0 Å². The van der Waals surface area contributed by atoms with Crippen molar-refractivity contribution >= 4 is 24.4 Å². The zero-order chi connectivity index (χ0) is 14.4. The monoisotopic (exact) mass is 314 g/mol. The van der Waals surface area contributed by atoms with E-state index in [0.29, 0.717) is 43.5 Å². The Morgan fingerprint density at radius 1 is 1.29 bits per heavy atom. The van der Waals surface area contributed by atoms with Gasteiger partial charge in [0.25, 0.3) is 0 Å². The molecule has 0 spiro atoms. The molecule has 1 fully saturated rings. The lowest BCUT2D eigenvalue weighted by Gasteiger charge is -2.25. The van der Waals surface area contributed by atoms with Crippen LogP contribution in [0.3, 0.4) is 0 Å². The molecule has 0 aromatic carbocycles. The van der Waals surface area contributed by atoms with Crippen molar-refractivity contribution in [3.05, 3.63) is 24.0 Å². The standard InChI is InChI=1S/C14H18N2O4.ClH/c1-18-12-9-11(15-10-13(12)19-2)3-4-14(17)16-5-7-20-8-6-16;/h3-4,9-10H,5-8H2,1-2H3;1H/b4-3+;. The lowest BCUT2D eigenvalue weighted by Crippen LogP contribution is -2.39. The normalized spacial score (nSPS) is 14.7. The van der Waals surface area contributed by atoms with Gasteiger partial charge in [0.05, 0.1) is 39.3 Å². The minimum Gasteiger partial charge on any atom is -0.493 e. The highest BCUT2D eigenvalue weighted by Crippen LogP contribution is 2.26. The highest BCUT2D eigenvalue weighted by Gasteiger charge is 2.14. The summed E-state index contributed by atoms with van der Waals surface area (Å²) in [6.45, 7) is 2.44. The fourth-order valence-electron chi connectivity index (χ4n) is 1.89. The molecule has 0 radical (unpaired) electrons. The summed E-state index contributed by atoms with van der Waals surface area (Å²) < 4.78 is 15.5. The zero-order valence-electron chi connectivity index (χ0n) is 12.1. The first kappa shape index (κ1) is 17.3. The molecule has 116 valence electrons. The van der Waals surface area contributed by atoms with Gasteiger partial charge in [-0.2, -0.15) is 0 Å². The van der Waals surface area contributed by atoms with Crippen LogP contribution >= 0.6 is 12.4 Å². The second-order valence-electron chi connectivity index (χ2n) is 4.24. The van der Waals surface area contributed by atoms with Gasteiger partial charge in [0.2, 0.25) is 5.91 Å². The third kappa shape index (κ3) is 4.61. The van der Waals surface area contributed by atoms with Crippen LogP contribution in [-0.4, -0.2) is 56.3 Å². The van der Waals surface area contributed by atoms with Crippen molar-refractivity contribution in [1.82, 2.24) is 9.88 Å². The zero-order valence-corrected chi connectivity index (χ0v) is 12.9. The maximum Gasteiger partial charge on any atom is 0.246 e. The van der Waals surface area contributed by atoms with Crippen LogP contribution in [0.15, 0.2) is 18.3 Å². The Morgan fingerprint density at radius 3 is 2.57 bits per heavy atom. The SMILES string of the molecule is COc1cnc(/C=C/C(=O)N2CCOCC2)cc1OC.Cl. The highest BCUT2D eigenvalue weighted by atomic mass is 35.5. The summed E-state index contributed by atoms with van der Waals surface area (Å²) in [5, 5.41) is 0. The molecule has 0 unspecified atom stereocenters. The molecule has 0 saturated carbocycles. The molecule has 7 heteroatoms. The number of carbonyl (C=O) groups excluding carboxylic acids is 1. The molecule has 1 amide bonds. The summed E-state index contributed by atoms with van der Waals surface area (Å²) in [6.07, 6.45) is 4.75. The molecule has 1 aliphatic rings. The van der Waals surface area contributed by atoms with Gasteiger partial charge >= 0.3 is 0 Å². The first-order chi connectivity index (χ1) is 9.74. The van der Waals surface area contributed by atoms with E-state index in [1.807, 2.05) is 0 Å². The molecule has 0 aliphatic carbocycles. The van der Waals surface area contributed by atoms with Crippen LogP contribution in [0.25, 0.3) is 6.08 Å². The van der Waals surface area contributed by atoms with Gasteiger partial charge in [-0.3, -0.25) is 9.78 Å². The van der Waals surface area contributed by atoms with Crippen molar-refractivity contribution in [2.24, 2.45) is 0 Å². The third-order valence-corrected chi connectivity index (χ3v) is 3.01. The number of rotatable bonds is 4. The van der Waals surface area contributed by atoms with Gasteiger partial charge in [0, 0.05) is 25.2 Å². The van der Waals surface area contributed by atoms with Crippen LogP contribution < -0.4 is 9.47 Å².